The molecule has 21 heavy (non-hydrogen) atoms. The van der Waals surface area contributed by atoms with E-state index >= 15 is 0 Å². The second kappa shape index (κ2) is 6.50. The van der Waals surface area contributed by atoms with Crippen LogP contribution in [0.1, 0.15) is 23.6 Å². The fourth-order valence-electron chi connectivity index (χ4n) is 2.65. The van der Waals surface area contributed by atoms with Crippen molar-refractivity contribution in [2.24, 2.45) is 0 Å². The second-order valence-corrected chi connectivity index (χ2v) is 6.02. The van der Waals surface area contributed by atoms with Gasteiger partial charge >= 0.3 is 0 Å². The average Bonchev–Trinajstić information content (AvgIpc) is 2.50. The zero-order valence-electron chi connectivity index (χ0n) is 11.9. The first kappa shape index (κ1) is 14.4. The van der Waals surface area contributed by atoms with E-state index in [1.54, 1.807) is 7.11 Å². The summed E-state index contributed by atoms with van der Waals surface area (Å²) >= 11 is 3.54. The van der Waals surface area contributed by atoms with Gasteiger partial charge in [-0.05, 0) is 24.3 Å². The molecule has 3 rings (SSSR count). The van der Waals surface area contributed by atoms with Gasteiger partial charge in [-0.25, -0.2) is 0 Å². The molecule has 0 fully saturated rings. The van der Waals surface area contributed by atoms with Gasteiger partial charge in [-0.2, -0.15) is 0 Å². The molecule has 3 nitrogen and oxygen atoms in total. The molecule has 0 saturated carbocycles. The van der Waals surface area contributed by atoms with Crippen LogP contribution in [0.4, 0.5) is 5.69 Å². The Morgan fingerprint density at radius 2 is 2.14 bits per heavy atom. The van der Waals surface area contributed by atoms with Crippen LogP contribution in [0.2, 0.25) is 0 Å². The van der Waals surface area contributed by atoms with Gasteiger partial charge < -0.3 is 14.8 Å². The number of hydrogen-bond donors (Lipinski definition) is 1. The van der Waals surface area contributed by atoms with E-state index in [-0.39, 0.29) is 6.04 Å². The van der Waals surface area contributed by atoms with Gasteiger partial charge in [-0.3, -0.25) is 0 Å². The van der Waals surface area contributed by atoms with Crippen LogP contribution >= 0.6 is 15.9 Å². The fraction of sp³-hybridized carbons (Fsp3) is 0.294. The van der Waals surface area contributed by atoms with E-state index in [4.69, 9.17) is 9.47 Å². The number of rotatable bonds is 4. The molecule has 0 aromatic heterocycles. The number of methoxy groups -OCH3 is 1. The fourth-order valence-corrected chi connectivity index (χ4v) is 3.02. The van der Waals surface area contributed by atoms with Crippen molar-refractivity contribution in [1.29, 1.82) is 0 Å². The van der Waals surface area contributed by atoms with Crippen molar-refractivity contribution in [2.75, 3.05) is 19.0 Å². The van der Waals surface area contributed by atoms with Crippen molar-refractivity contribution in [1.82, 2.24) is 0 Å². The van der Waals surface area contributed by atoms with Gasteiger partial charge in [-0.1, -0.05) is 34.1 Å². The minimum Gasteiger partial charge on any atom is -0.493 e. The summed E-state index contributed by atoms with van der Waals surface area (Å²) in [4.78, 5) is 0. The van der Waals surface area contributed by atoms with E-state index in [0.717, 1.165) is 28.9 Å². The minimum absolute atomic E-state index is 0.254. The number of anilines is 1. The SMILES string of the molecule is COCc1ccccc1NC1CCOc2ccc(Br)cc21. The average molecular weight is 348 g/mol. The third-order valence-electron chi connectivity index (χ3n) is 3.66. The monoisotopic (exact) mass is 347 g/mol. The number of fused-ring (bicyclic) bond motifs is 1. The zero-order chi connectivity index (χ0) is 14.7. The van der Waals surface area contributed by atoms with Crippen molar-refractivity contribution in [3.8, 4) is 5.75 Å². The van der Waals surface area contributed by atoms with Crippen LogP contribution in [-0.2, 0) is 11.3 Å². The number of halogens is 1. The highest BCUT2D eigenvalue weighted by Crippen LogP contribution is 2.36. The molecule has 4 heteroatoms. The molecule has 1 atom stereocenters. The Kier molecular flexibility index (Phi) is 4.46. The Bertz CT molecular complexity index is 630. The molecule has 2 aromatic rings. The summed E-state index contributed by atoms with van der Waals surface area (Å²) < 4.78 is 12.1. The molecule has 0 spiro atoms. The maximum atomic E-state index is 5.74. The molecular formula is C17H18BrNO2. The van der Waals surface area contributed by atoms with Crippen LogP contribution in [0.5, 0.6) is 5.75 Å². The van der Waals surface area contributed by atoms with Crippen LogP contribution < -0.4 is 10.1 Å². The van der Waals surface area contributed by atoms with Gasteiger partial charge in [0.05, 0.1) is 19.3 Å². The van der Waals surface area contributed by atoms with E-state index in [2.05, 4.69) is 39.4 Å². The summed E-state index contributed by atoms with van der Waals surface area (Å²) in [5.41, 5.74) is 3.49. The minimum atomic E-state index is 0.254. The molecule has 2 aromatic carbocycles. The largest absolute Gasteiger partial charge is 0.493 e. The van der Waals surface area contributed by atoms with Crippen molar-refractivity contribution >= 4 is 21.6 Å². The van der Waals surface area contributed by atoms with Gasteiger partial charge in [0, 0.05) is 34.8 Å². The van der Waals surface area contributed by atoms with Crippen LogP contribution in [0, 0.1) is 0 Å². The Morgan fingerprint density at radius 3 is 3.00 bits per heavy atom. The van der Waals surface area contributed by atoms with E-state index in [1.165, 1.54) is 11.1 Å². The third kappa shape index (κ3) is 3.22. The Hall–Kier alpha value is -1.52. The molecule has 1 N–H and O–H groups in total. The molecule has 0 amide bonds. The van der Waals surface area contributed by atoms with Crippen LogP contribution in [-0.4, -0.2) is 13.7 Å². The first-order chi connectivity index (χ1) is 10.3. The number of ether oxygens (including phenoxy) is 2. The van der Waals surface area contributed by atoms with Crippen molar-refractivity contribution < 1.29 is 9.47 Å². The summed E-state index contributed by atoms with van der Waals surface area (Å²) in [6.07, 6.45) is 0.949. The first-order valence-corrected chi connectivity index (χ1v) is 7.83. The van der Waals surface area contributed by atoms with Crippen molar-refractivity contribution in [2.45, 2.75) is 19.1 Å². The normalized spacial score (nSPS) is 17.0. The number of nitrogens with one attached hydrogen (secondary N) is 1. The van der Waals surface area contributed by atoms with Gasteiger partial charge in [0.2, 0.25) is 0 Å². The lowest BCUT2D eigenvalue weighted by atomic mass is 9.99. The second-order valence-electron chi connectivity index (χ2n) is 5.11. The molecular weight excluding hydrogens is 330 g/mol. The van der Waals surface area contributed by atoms with Crippen LogP contribution in [0.3, 0.4) is 0 Å². The summed E-state index contributed by atoms with van der Waals surface area (Å²) in [5, 5.41) is 3.64. The molecule has 1 aliphatic rings. The highest BCUT2D eigenvalue weighted by Gasteiger charge is 2.22. The lowest BCUT2D eigenvalue weighted by Gasteiger charge is -2.28. The smallest absolute Gasteiger partial charge is 0.124 e. The van der Waals surface area contributed by atoms with Crippen LogP contribution in [0.25, 0.3) is 0 Å². The van der Waals surface area contributed by atoms with E-state index in [9.17, 15) is 0 Å². The predicted molar refractivity (Wildman–Crippen MR) is 87.8 cm³/mol. The van der Waals surface area contributed by atoms with Gasteiger partial charge in [-0.15, -0.1) is 0 Å². The number of hydrogen-bond acceptors (Lipinski definition) is 3. The molecule has 1 unspecified atom stereocenters. The van der Waals surface area contributed by atoms with Crippen molar-refractivity contribution in [3.05, 3.63) is 58.1 Å². The lowest BCUT2D eigenvalue weighted by Crippen LogP contribution is -2.21. The van der Waals surface area contributed by atoms with E-state index < -0.39 is 0 Å². The summed E-state index contributed by atoms with van der Waals surface area (Å²) in [6.45, 7) is 1.34. The molecule has 110 valence electrons. The Labute approximate surface area is 133 Å². The summed E-state index contributed by atoms with van der Waals surface area (Å²) in [6, 6.07) is 14.7. The summed E-state index contributed by atoms with van der Waals surface area (Å²) in [5.74, 6) is 0.964. The zero-order valence-corrected chi connectivity index (χ0v) is 13.5. The standard InChI is InChI=1S/C17H18BrNO2/c1-20-11-12-4-2-3-5-15(12)19-16-8-9-21-17-7-6-13(18)10-14(16)17/h2-7,10,16,19H,8-9,11H2,1H3. The maximum absolute atomic E-state index is 5.74. The predicted octanol–water partition coefficient (Wildman–Crippen LogP) is 4.53. The highest BCUT2D eigenvalue weighted by molar-refractivity contribution is 9.10. The molecule has 1 heterocycles. The van der Waals surface area contributed by atoms with E-state index in [0.29, 0.717) is 6.61 Å². The molecule has 0 radical (unpaired) electrons. The van der Waals surface area contributed by atoms with Crippen LogP contribution in [0.15, 0.2) is 46.9 Å². The Balaban J connectivity index is 1.88. The highest BCUT2D eigenvalue weighted by atomic mass is 79.9. The Morgan fingerprint density at radius 1 is 1.29 bits per heavy atom. The summed E-state index contributed by atoms with van der Waals surface area (Å²) in [7, 11) is 1.72. The molecule has 0 aliphatic carbocycles. The molecule has 1 aliphatic heterocycles. The topological polar surface area (TPSA) is 30.5 Å². The quantitative estimate of drug-likeness (QED) is 0.881. The third-order valence-corrected chi connectivity index (χ3v) is 4.15. The maximum Gasteiger partial charge on any atom is 0.124 e. The number of benzene rings is 2. The van der Waals surface area contributed by atoms with Gasteiger partial charge in [0.15, 0.2) is 0 Å². The van der Waals surface area contributed by atoms with Gasteiger partial charge in [0.1, 0.15) is 5.75 Å². The number of para-hydroxylation sites is 1. The molecule has 0 saturated heterocycles. The van der Waals surface area contributed by atoms with Crippen molar-refractivity contribution in [3.63, 3.8) is 0 Å². The lowest BCUT2D eigenvalue weighted by molar-refractivity contribution is 0.185. The molecule has 0 bridgehead atoms. The first-order valence-electron chi connectivity index (χ1n) is 7.03. The van der Waals surface area contributed by atoms with E-state index in [1.807, 2.05) is 24.3 Å². The van der Waals surface area contributed by atoms with Gasteiger partial charge in [0.25, 0.3) is 0 Å².